The second kappa shape index (κ2) is 9.47. The van der Waals surface area contributed by atoms with Gasteiger partial charge in [-0.05, 0) is 24.7 Å². The van der Waals surface area contributed by atoms with Gasteiger partial charge in [-0.15, -0.1) is 0 Å². The van der Waals surface area contributed by atoms with Crippen LogP contribution in [0.25, 0.3) is 0 Å². The molecule has 3 heteroatoms. The van der Waals surface area contributed by atoms with Crippen LogP contribution in [0.5, 0.6) is 0 Å². The van der Waals surface area contributed by atoms with Crippen molar-refractivity contribution in [2.45, 2.75) is 46.1 Å². The predicted octanol–water partition coefficient (Wildman–Crippen LogP) is -1.08. The van der Waals surface area contributed by atoms with E-state index in [-0.39, 0.29) is 43.7 Å². The Hall–Kier alpha value is 0.920. The van der Waals surface area contributed by atoms with Gasteiger partial charge in [-0.3, -0.25) is 0 Å². The third-order valence-corrected chi connectivity index (χ3v) is 2.57. The normalized spacial score (nSPS) is 17.3. The van der Waals surface area contributed by atoms with Gasteiger partial charge in [-0.25, -0.2) is 0 Å². The first kappa shape index (κ1) is 16.4. The van der Waals surface area contributed by atoms with Crippen molar-refractivity contribution in [3.8, 4) is 0 Å². The van der Waals surface area contributed by atoms with Crippen molar-refractivity contribution in [1.82, 2.24) is 0 Å². The number of hydrogen-bond acceptors (Lipinski definition) is 2. The van der Waals surface area contributed by atoms with E-state index >= 15 is 0 Å². The van der Waals surface area contributed by atoms with Gasteiger partial charge in [-0.1, -0.05) is 27.2 Å². The molecule has 76 valence electrons. The molecule has 2 N–H and O–H groups in total. The maximum Gasteiger partial charge on any atom is 1.00 e. The fraction of sp³-hybridized carbons (Fsp3) is 1.00. The van der Waals surface area contributed by atoms with E-state index in [0.29, 0.717) is 11.8 Å². The molecule has 0 saturated carbocycles. The minimum absolute atomic E-state index is 0. The predicted molar refractivity (Wildman–Crippen MR) is 52.1 cm³/mol. The molecule has 0 aromatic heterocycles. The molecule has 0 aliphatic carbocycles. The van der Waals surface area contributed by atoms with Crippen molar-refractivity contribution in [2.75, 3.05) is 6.61 Å². The fourth-order valence-corrected chi connectivity index (χ4v) is 1.10. The standard InChI is InChI=1S/C10H22O2.Na.H/c1-4-9(3)10(12)6-5-8(2)7-11;;/h8-12H,4-7H2,1-3H3;;/q;+1;-1. The zero-order chi connectivity index (χ0) is 9.56. The first-order chi connectivity index (χ1) is 5.61. The topological polar surface area (TPSA) is 40.5 Å². The molecule has 13 heavy (non-hydrogen) atoms. The van der Waals surface area contributed by atoms with E-state index in [1.165, 1.54) is 0 Å². The quantitative estimate of drug-likeness (QED) is 0.533. The molecular weight excluding hydrogens is 175 g/mol. The van der Waals surface area contributed by atoms with Gasteiger partial charge < -0.3 is 11.6 Å². The molecule has 0 radical (unpaired) electrons. The summed E-state index contributed by atoms with van der Waals surface area (Å²) in [6.07, 6.45) is 2.57. The molecule has 0 spiro atoms. The zero-order valence-corrected chi connectivity index (χ0v) is 11.5. The van der Waals surface area contributed by atoms with Crippen molar-refractivity contribution in [1.29, 1.82) is 0 Å². The van der Waals surface area contributed by atoms with Crippen LogP contribution in [-0.4, -0.2) is 22.9 Å². The molecule has 0 bridgehead atoms. The van der Waals surface area contributed by atoms with Gasteiger partial charge in [-0.2, -0.15) is 0 Å². The second-order valence-corrected chi connectivity index (χ2v) is 3.82. The van der Waals surface area contributed by atoms with Gasteiger partial charge in [0.1, 0.15) is 0 Å². The van der Waals surface area contributed by atoms with Crippen LogP contribution in [0.1, 0.15) is 41.5 Å². The largest absolute Gasteiger partial charge is 1.00 e. The van der Waals surface area contributed by atoms with Crippen LogP contribution < -0.4 is 29.6 Å². The smallest absolute Gasteiger partial charge is 1.00 e. The molecule has 0 heterocycles. The number of aliphatic hydroxyl groups is 2. The minimum Gasteiger partial charge on any atom is -1.00 e. The summed E-state index contributed by atoms with van der Waals surface area (Å²) in [6.45, 7) is 6.38. The average Bonchev–Trinajstić information content (AvgIpc) is 2.11. The van der Waals surface area contributed by atoms with Crippen molar-refractivity contribution >= 4 is 0 Å². The van der Waals surface area contributed by atoms with Crippen molar-refractivity contribution in [3.05, 3.63) is 0 Å². The molecule has 0 aromatic rings. The summed E-state index contributed by atoms with van der Waals surface area (Å²) in [5.74, 6) is 0.708. The Labute approximate surface area is 106 Å². The molecule has 0 saturated heterocycles. The molecule has 0 rings (SSSR count). The molecule has 0 aliphatic rings. The molecule has 0 fully saturated rings. The minimum atomic E-state index is -0.191. The molecule has 3 atom stereocenters. The molecule has 0 aromatic carbocycles. The Morgan fingerprint density at radius 2 is 1.77 bits per heavy atom. The number of hydrogen-bond donors (Lipinski definition) is 2. The third-order valence-electron chi connectivity index (χ3n) is 2.57. The Bertz CT molecular complexity index is 114. The molecular formula is C10H23NaO2. The maximum absolute atomic E-state index is 9.58. The van der Waals surface area contributed by atoms with E-state index in [0.717, 1.165) is 19.3 Å². The number of aliphatic hydroxyl groups excluding tert-OH is 2. The maximum atomic E-state index is 9.58. The Morgan fingerprint density at radius 3 is 2.15 bits per heavy atom. The van der Waals surface area contributed by atoms with Crippen molar-refractivity contribution in [3.63, 3.8) is 0 Å². The summed E-state index contributed by atoms with van der Waals surface area (Å²) in [5.41, 5.74) is 0. The van der Waals surface area contributed by atoms with E-state index < -0.39 is 0 Å². The van der Waals surface area contributed by atoms with Crippen molar-refractivity contribution in [2.24, 2.45) is 11.8 Å². The monoisotopic (exact) mass is 198 g/mol. The van der Waals surface area contributed by atoms with Crippen LogP contribution in [0, 0.1) is 11.8 Å². The van der Waals surface area contributed by atoms with Gasteiger partial charge in [0.25, 0.3) is 0 Å². The van der Waals surface area contributed by atoms with Gasteiger partial charge in [0, 0.05) is 6.61 Å². The zero-order valence-electron chi connectivity index (χ0n) is 10.5. The summed E-state index contributed by atoms with van der Waals surface area (Å²) >= 11 is 0. The van der Waals surface area contributed by atoms with E-state index in [2.05, 4.69) is 13.8 Å². The summed E-state index contributed by atoms with van der Waals surface area (Å²) < 4.78 is 0. The Morgan fingerprint density at radius 1 is 1.23 bits per heavy atom. The van der Waals surface area contributed by atoms with E-state index in [4.69, 9.17) is 5.11 Å². The van der Waals surface area contributed by atoms with Gasteiger partial charge in [0.15, 0.2) is 0 Å². The fourth-order valence-electron chi connectivity index (χ4n) is 1.10. The van der Waals surface area contributed by atoms with E-state index in [9.17, 15) is 5.11 Å². The molecule has 3 unspecified atom stereocenters. The Kier molecular flexibility index (Phi) is 11.9. The molecule has 0 aliphatic heterocycles. The molecule has 0 amide bonds. The summed E-state index contributed by atoms with van der Waals surface area (Å²) in [4.78, 5) is 0. The van der Waals surface area contributed by atoms with Crippen LogP contribution in [0.4, 0.5) is 0 Å². The van der Waals surface area contributed by atoms with Crippen LogP contribution in [0.15, 0.2) is 0 Å². The number of rotatable bonds is 6. The third kappa shape index (κ3) is 7.95. The van der Waals surface area contributed by atoms with Crippen LogP contribution in [-0.2, 0) is 0 Å². The summed E-state index contributed by atoms with van der Waals surface area (Å²) in [6, 6.07) is 0. The first-order valence-corrected chi connectivity index (χ1v) is 4.90. The van der Waals surface area contributed by atoms with Crippen LogP contribution in [0.2, 0.25) is 0 Å². The average molecular weight is 198 g/mol. The van der Waals surface area contributed by atoms with Gasteiger partial charge in [0.05, 0.1) is 6.10 Å². The summed E-state index contributed by atoms with van der Waals surface area (Å²) in [5, 5.41) is 18.3. The van der Waals surface area contributed by atoms with Crippen molar-refractivity contribution < 1.29 is 41.2 Å². The SMILES string of the molecule is CCC(C)C(O)CCC(C)CO.[H-].[Na+]. The second-order valence-electron chi connectivity index (χ2n) is 3.82. The first-order valence-electron chi connectivity index (χ1n) is 4.90. The van der Waals surface area contributed by atoms with E-state index in [1.54, 1.807) is 0 Å². The van der Waals surface area contributed by atoms with Crippen LogP contribution >= 0.6 is 0 Å². The van der Waals surface area contributed by atoms with Gasteiger partial charge in [0.2, 0.25) is 0 Å². The Balaban J connectivity index is -0.000000605. The van der Waals surface area contributed by atoms with Crippen LogP contribution in [0.3, 0.4) is 0 Å². The summed E-state index contributed by atoms with van der Waals surface area (Å²) in [7, 11) is 0. The van der Waals surface area contributed by atoms with E-state index in [1.807, 2.05) is 6.92 Å². The molecule has 2 nitrogen and oxygen atoms in total. The van der Waals surface area contributed by atoms with Gasteiger partial charge >= 0.3 is 29.6 Å².